The summed E-state index contributed by atoms with van der Waals surface area (Å²) in [6.45, 7) is 0.109. The standard InChI is InChI=1S/C15H12Br2O6/c1-20-8-2-6(3-9-13(8)22-5-21-9)10-11(18)12-7(16)4-15(10,17)14(19)23-12/h2-4,10-12,18H,5H2,1H3/t10-,11-,12+,15+/m0/s1. The van der Waals surface area contributed by atoms with Gasteiger partial charge in [0.1, 0.15) is 6.10 Å². The second kappa shape index (κ2) is 5.12. The fourth-order valence-corrected chi connectivity index (χ4v) is 5.15. The second-order valence-electron chi connectivity index (χ2n) is 5.55. The van der Waals surface area contributed by atoms with Crippen LogP contribution in [0.2, 0.25) is 0 Å². The molecule has 8 heteroatoms. The van der Waals surface area contributed by atoms with Gasteiger partial charge in [0.2, 0.25) is 12.5 Å². The van der Waals surface area contributed by atoms with Crippen molar-refractivity contribution in [3.05, 3.63) is 28.3 Å². The van der Waals surface area contributed by atoms with Crippen molar-refractivity contribution in [3.8, 4) is 17.2 Å². The minimum absolute atomic E-state index is 0.109. The van der Waals surface area contributed by atoms with Gasteiger partial charge in [0.25, 0.3) is 0 Å². The highest BCUT2D eigenvalue weighted by atomic mass is 79.9. The zero-order chi connectivity index (χ0) is 16.4. The minimum Gasteiger partial charge on any atom is -0.493 e. The Bertz CT molecular complexity index is 733. The molecule has 3 heterocycles. The first-order valence-electron chi connectivity index (χ1n) is 6.89. The summed E-state index contributed by atoms with van der Waals surface area (Å²) in [5.41, 5.74) is 0.702. The Morgan fingerprint density at radius 1 is 1.39 bits per heavy atom. The first kappa shape index (κ1) is 15.3. The van der Waals surface area contributed by atoms with Gasteiger partial charge in [-0.1, -0.05) is 31.9 Å². The molecule has 2 bridgehead atoms. The quantitative estimate of drug-likeness (QED) is 0.553. The Morgan fingerprint density at radius 3 is 2.91 bits per heavy atom. The van der Waals surface area contributed by atoms with Crippen molar-refractivity contribution < 1.29 is 28.8 Å². The maximum atomic E-state index is 12.3. The highest BCUT2D eigenvalue weighted by Gasteiger charge is 2.59. The Labute approximate surface area is 148 Å². The molecule has 23 heavy (non-hydrogen) atoms. The number of benzene rings is 1. The number of fused-ring (bicyclic) bond motifs is 3. The van der Waals surface area contributed by atoms with Gasteiger partial charge in [0.05, 0.1) is 7.11 Å². The molecule has 0 spiro atoms. The number of rotatable bonds is 2. The third kappa shape index (κ3) is 2.04. The van der Waals surface area contributed by atoms with E-state index in [0.29, 0.717) is 27.3 Å². The monoisotopic (exact) mass is 446 g/mol. The maximum absolute atomic E-state index is 12.3. The molecule has 5 rings (SSSR count). The Kier molecular flexibility index (Phi) is 3.40. The zero-order valence-electron chi connectivity index (χ0n) is 11.9. The summed E-state index contributed by atoms with van der Waals surface area (Å²) in [5.74, 6) is 0.572. The van der Waals surface area contributed by atoms with Crippen LogP contribution >= 0.6 is 31.9 Å². The molecule has 122 valence electrons. The topological polar surface area (TPSA) is 74.2 Å². The molecule has 4 aliphatic rings. The summed E-state index contributed by atoms with van der Waals surface area (Å²) in [6, 6.07) is 3.51. The van der Waals surface area contributed by atoms with Gasteiger partial charge in [-0.3, -0.25) is 4.79 Å². The maximum Gasteiger partial charge on any atom is 0.328 e. The summed E-state index contributed by atoms with van der Waals surface area (Å²) in [6.07, 6.45) is 0.109. The molecule has 3 aliphatic heterocycles. The molecule has 0 unspecified atom stereocenters. The molecular formula is C15H12Br2O6. The Hall–Kier alpha value is -1.25. The molecule has 1 fully saturated rings. The average molecular weight is 448 g/mol. The SMILES string of the molecule is COc1cc([C@H]2[C@H](O)[C@@H]3OC(=O)[C@@]2(Br)C=C3Br)cc2c1OCO2. The lowest BCUT2D eigenvalue weighted by molar-refractivity contribution is -0.166. The van der Waals surface area contributed by atoms with Gasteiger partial charge in [-0.15, -0.1) is 0 Å². The minimum atomic E-state index is -1.15. The van der Waals surface area contributed by atoms with Gasteiger partial charge in [-0.2, -0.15) is 0 Å². The molecule has 0 radical (unpaired) electrons. The fourth-order valence-electron chi connectivity index (χ4n) is 3.25. The first-order valence-corrected chi connectivity index (χ1v) is 8.48. The fraction of sp³-hybridized carbons (Fsp3) is 0.400. The van der Waals surface area contributed by atoms with Gasteiger partial charge in [-0.25, -0.2) is 0 Å². The lowest BCUT2D eigenvalue weighted by Gasteiger charge is -2.47. The van der Waals surface area contributed by atoms with E-state index >= 15 is 0 Å². The summed E-state index contributed by atoms with van der Waals surface area (Å²) in [7, 11) is 1.53. The number of hydrogen-bond acceptors (Lipinski definition) is 6. The Balaban J connectivity index is 1.86. The summed E-state index contributed by atoms with van der Waals surface area (Å²) < 4.78 is 20.9. The number of esters is 1. The number of aliphatic hydroxyl groups excluding tert-OH is 1. The molecule has 4 atom stereocenters. The second-order valence-corrected chi connectivity index (χ2v) is 7.78. The van der Waals surface area contributed by atoms with Crippen molar-refractivity contribution in [2.75, 3.05) is 13.9 Å². The number of carbonyl (C=O) groups excluding carboxylic acids is 1. The number of halogens is 2. The molecule has 6 nitrogen and oxygen atoms in total. The van der Waals surface area contributed by atoms with E-state index in [2.05, 4.69) is 31.9 Å². The van der Waals surface area contributed by atoms with Crippen LogP contribution in [0.5, 0.6) is 17.2 Å². The highest BCUT2D eigenvalue weighted by molar-refractivity contribution is 9.12. The van der Waals surface area contributed by atoms with Crippen LogP contribution in [0, 0.1) is 0 Å². The summed E-state index contributed by atoms with van der Waals surface area (Å²) >= 11 is 6.81. The van der Waals surface area contributed by atoms with Crippen LogP contribution in [-0.4, -0.2) is 41.5 Å². The molecule has 1 aromatic rings. The number of carbonyl (C=O) groups is 1. The molecular weight excluding hydrogens is 436 g/mol. The van der Waals surface area contributed by atoms with Gasteiger partial charge >= 0.3 is 5.97 Å². The van der Waals surface area contributed by atoms with Crippen molar-refractivity contribution in [3.63, 3.8) is 0 Å². The highest BCUT2D eigenvalue weighted by Crippen LogP contribution is 2.54. The molecule has 0 amide bonds. The van der Waals surface area contributed by atoms with Crippen LogP contribution in [0.15, 0.2) is 22.7 Å². The number of aliphatic hydroxyl groups is 1. The van der Waals surface area contributed by atoms with Crippen molar-refractivity contribution in [2.45, 2.75) is 22.5 Å². The van der Waals surface area contributed by atoms with Gasteiger partial charge in [0, 0.05) is 10.4 Å². The van der Waals surface area contributed by atoms with Crippen LogP contribution in [0.1, 0.15) is 11.5 Å². The van der Waals surface area contributed by atoms with E-state index in [-0.39, 0.29) is 6.79 Å². The van der Waals surface area contributed by atoms with Gasteiger partial charge in [0.15, 0.2) is 21.9 Å². The molecule has 0 saturated carbocycles. The predicted molar refractivity (Wildman–Crippen MR) is 86.4 cm³/mol. The van der Waals surface area contributed by atoms with Gasteiger partial charge < -0.3 is 24.1 Å². The molecule has 1 N–H and O–H groups in total. The Morgan fingerprint density at radius 2 is 2.17 bits per heavy atom. The average Bonchev–Trinajstić information content (AvgIpc) is 2.97. The molecule has 1 aromatic carbocycles. The smallest absolute Gasteiger partial charge is 0.328 e. The first-order chi connectivity index (χ1) is 11.0. The van der Waals surface area contributed by atoms with E-state index in [1.54, 1.807) is 18.2 Å². The van der Waals surface area contributed by atoms with Crippen LogP contribution < -0.4 is 14.2 Å². The van der Waals surface area contributed by atoms with E-state index in [0.717, 1.165) is 0 Å². The summed E-state index contributed by atoms with van der Waals surface area (Å²) in [4.78, 5) is 12.3. The van der Waals surface area contributed by atoms with E-state index in [1.807, 2.05) is 0 Å². The number of methoxy groups -OCH3 is 1. The largest absolute Gasteiger partial charge is 0.493 e. The van der Waals surface area contributed by atoms with E-state index in [9.17, 15) is 9.90 Å². The normalized spacial score (nSPS) is 34.2. The predicted octanol–water partition coefficient (Wildman–Crippen LogP) is 2.22. The van der Waals surface area contributed by atoms with E-state index in [4.69, 9.17) is 18.9 Å². The molecule has 1 saturated heterocycles. The van der Waals surface area contributed by atoms with Crippen molar-refractivity contribution in [1.29, 1.82) is 0 Å². The van der Waals surface area contributed by atoms with Gasteiger partial charge in [-0.05, 0) is 23.8 Å². The van der Waals surface area contributed by atoms with Crippen molar-refractivity contribution in [1.82, 2.24) is 0 Å². The molecule has 0 aromatic heterocycles. The van der Waals surface area contributed by atoms with Crippen LogP contribution in [0.3, 0.4) is 0 Å². The van der Waals surface area contributed by atoms with Crippen LogP contribution in [0.4, 0.5) is 0 Å². The number of hydrogen-bond donors (Lipinski definition) is 1. The lowest BCUT2D eigenvalue weighted by atomic mass is 9.73. The third-order valence-corrected chi connectivity index (χ3v) is 6.04. The van der Waals surface area contributed by atoms with E-state index in [1.165, 1.54) is 7.11 Å². The molecule has 1 aliphatic carbocycles. The van der Waals surface area contributed by atoms with E-state index < -0.39 is 28.4 Å². The third-order valence-electron chi connectivity index (χ3n) is 4.31. The summed E-state index contributed by atoms with van der Waals surface area (Å²) in [5, 5.41) is 10.7. The van der Waals surface area contributed by atoms with Crippen molar-refractivity contribution in [2.24, 2.45) is 0 Å². The van der Waals surface area contributed by atoms with Crippen LogP contribution in [-0.2, 0) is 9.53 Å². The number of ether oxygens (including phenoxy) is 4. The number of alkyl halides is 1. The lowest BCUT2D eigenvalue weighted by Crippen LogP contribution is -2.58. The van der Waals surface area contributed by atoms with Crippen molar-refractivity contribution >= 4 is 37.8 Å². The van der Waals surface area contributed by atoms with Crippen LogP contribution in [0.25, 0.3) is 0 Å². The zero-order valence-corrected chi connectivity index (χ0v) is 15.1.